The highest BCUT2D eigenvalue weighted by Crippen LogP contribution is 2.52. The summed E-state index contributed by atoms with van der Waals surface area (Å²) in [5, 5.41) is 6.97. The lowest BCUT2D eigenvalue weighted by atomic mass is 9.57. The van der Waals surface area contributed by atoms with Crippen LogP contribution in [0.25, 0.3) is 11.5 Å². The van der Waals surface area contributed by atoms with Crippen LogP contribution >= 0.6 is 11.6 Å². The van der Waals surface area contributed by atoms with Crippen molar-refractivity contribution in [2.24, 2.45) is 11.3 Å². The van der Waals surface area contributed by atoms with Gasteiger partial charge in [-0.15, -0.1) is 0 Å². The molecule has 2 N–H and O–H groups in total. The molecule has 0 unspecified atom stereocenters. The largest absolute Gasteiger partial charge is 0.441 e. The number of aryl methyl sites for hydroxylation is 1. The lowest BCUT2D eigenvalue weighted by molar-refractivity contribution is -0.145. The van der Waals surface area contributed by atoms with E-state index in [1.54, 1.807) is 0 Å². The van der Waals surface area contributed by atoms with Crippen LogP contribution in [-0.2, 0) is 11.3 Å². The molecule has 1 spiro atoms. The van der Waals surface area contributed by atoms with E-state index in [4.69, 9.17) is 21.0 Å². The van der Waals surface area contributed by atoms with Crippen LogP contribution in [0, 0.1) is 18.3 Å². The lowest BCUT2D eigenvalue weighted by Crippen LogP contribution is -2.63. The minimum absolute atomic E-state index is 0.184. The van der Waals surface area contributed by atoms with E-state index < -0.39 is 0 Å². The molecule has 4 rings (SSSR count). The summed E-state index contributed by atoms with van der Waals surface area (Å²) in [4.78, 5) is 19.3. The highest BCUT2D eigenvalue weighted by Gasteiger charge is 2.54. The number of hydrogen-bond acceptors (Lipinski definition) is 5. The Morgan fingerprint density at radius 1 is 1.28 bits per heavy atom. The van der Waals surface area contributed by atoms with Crippen molar-refractivity contribution in [1.82, 2.24) is 20.5 Å². The van der Waals surface area contributed by atoms with Gasteiger partial charge in [0.15, 0.2) is 0 Å². The number of rotatable bonds is 8. The summed E-state index contributed by atoms with van der Waals surface area (Å²) in [5.41, 5.74) is 2.26. The van der Waals surface area contributed by atoms with Crippen LogP contribution in [0.3, 0.4) is 0 Å². The van der Waals surface area contributed by atoms with Gasteiger partial charge in [0, 0.05) is 49.2 Å². The Kier molecular flexibility index (Phi) is 5.95. The highest BCUT2D eigenvalue weighted by molar-refractivity contribution is 6.30. The molecule has 0 bridgehead atoms. The topological polar surface area (TPSA) is 70.4 Å². The molecular formula is C22H29ClN4O2. The van der Waals surface area contributed by atoms with Crippen LogP contribution in [0.5, 0.6) is 0 Å². The maximum atomic E-state index is 12.2. The summed E-state index contributed by atoms with van der Waals surface area (Å²) in [7, 11) is 0. The summed E-state index contributed by atoms with van der Waals surface area (Å²) in [6.07, 6.45) is 2.01. The minimum atomic E-state index is 0.184. The molecule has 7 heteroatoms. The number of carbonyl (C=O) groups is 1. The van der Waals surface area contributed by atoms with Gasteiger partial charge in [0.1, 0.15) is 5.76 Å². The van der Waals surface area contributed by atoms with Gasteiger partial charge in [-0.1, -0.05) is 18.5 Å². The third kappa shape index (κ3) is 4.49. The summed E-state index contributed by atoms with van der Waals surface area (Å²) >= 11 is 5.96. The van der Waals surface area contributed by atoms with E-state index >= 15 is 0 Å². The first kappa shape index (κ1) is 20.4. The Balaban J connectivity index is 1.24. The molecule has 2 heterocycles. The monoisotopic (exact) mass is 416 g/mol. The second-order valence-corrected chi connectivity index (χ2v) is 8.86. The van der Waals surface area contributed by atoms with Crippen molar-refractivity contribution < 1.29 is 9.21 Å². The third-order valence-electron chi connectivity index (χ3n) is 6.06. The number of nitrogens with zero attached hydrogens (tertiary/aromatic N) is 2. The first-order valence-electron chi connectivity index (χ1n) is 10.4. The molecule has 1 saturated carbocycles. The van der Waals surface area contributed by atoms with Crippen LogP contribution in [0.4, 0.5) is 0 Å². The maximum absolute atomic E-state index is 12.2. The molecule has 2 fully saturated rings. The Labute approximate surface area is 177 Å². The smallest absolute Gasteiger partial charge is 0.226 e. The van der Waals surface area contributed by atoms with Gasteiger partial charge in [-0.3, -0.25) is 9.69 Å². The fraction of sp³-hybridized carbons (Fsp3) is 0.545. The van der Waals surface area contributed by atoms with E-state index in [9.17, 15) is 4.79 Å². The molecule has 2 aromatic rings. The quantitative estimate of drug-likeness (QED) is 0.646. The normalized spacial score (nSPS) is 18.4. The van der Waals surface area contributed by atoms with Gasteiger partial charge in [0.2, 0.25) is 11.8 Å². The molecule has 1 aliphatic carbocycles. The average Bonchev–Trinajstić information content (AvgIpc) is 3.00. The lowest BCUT2D eigenvalue weighted by Gasteiger charge is -2.58. The van der Waals surface area contributed by atoms with Crippen LogP contribution in [-0.4, -0.2) is 48.5 Å². The fourth-order valence-corrected chi connectivity index (χ4v) is 4.67. The predicted octanol–water partition coefficient (Wildman–Crippen LogP) is 3.24. The molecule has 6 nitrogen and oxygen atoms in total. The first-order chi connectivity index (χ1) is 14.0. The van der Waals surface area contributed by atoms with E-state index in [-0.39, 0.29) is 11.8 Å². The highest BCUT2D eigenvalue weighted by atomic mass is 35.5. The van der Waals surface area contributed by atoms with Crippen LogP contribution in [0.15, 0.2) is 28.7 Å². The molecule has 1 amide bonds. The zero-order valence-electron chi connectivity index (χ0n) is 17.1. The first-order valence-corrected chi connectivity index (χ1v) is 10.8. The zero-order chi connectivity index (χ0) is 20.4. The number of likely N-dealkylation sites (N-methyl/N-ethyl adjacent to an activating group) is 1. The van der Waals surface area contributed by atoms with E-state index in [2.05, 4.69) is 22.5 Å². The van der Waals surface area contributed by atoms with Crippen molar-refractivity contribution in [3.63, 3.8) is 0 Å². The molecule has 1 aromatic carbocycles. The van der Waals surface area contributed by atoms with E-state index in [1.807, 2.05) is 31.2 Å². The van der Waals surface area contributed by atoms with Crippen molar-refractivity contribution >= 4 is 17.5 Å². The van der Waals surface area contributed by atoms with Crippen molar-refractivity contribution in [2.45, 2.75) is 33.2 Å². The second kappa shape index (κ2) is 8.46. The average molecular weight is 417 g/mol. The fourth-order valence-electron chi connectivity index (χ4n) is 4.54. The number of carbonyl (C=O) groups excluding carboxylic acids is 1. The summed E-state index contributed by atoms with van der Waals surface area (Å²) < 4.78 is 5.87. The van der Waals surface area contributed by atoms with Gasteiger partial charge in [0.25, 0.3) is 0 Å². The van der Waals surface area contributed by atoms with Crippen LogP contribution < -0.4 is 10.6 Å². The predicted molar refractivity (Wildman–Crippen MR) is 114 cm³/mol. The Morgan fingerprint density at radius 2 is 2.00 bits per heavy atom. The Hall–Kier alpha value is -1.89. The summed E-state index contributed by atoms with van der Waals surface area (Å²) in [6.45, 7) is 9.39. The van der Waals surface area contributed by atoms with Crippen molar-refractivity contribution in [1.29, 1.82) is 0 Å². The number of likely N-dealkylation sites (tertiary alicyclic amines) is 1. The van der Waals surface area contributed by atoms with E-state index in [0.717, 1.165) is 62.6 Å². The van der Waals surface area contributed by atoms with Crippen LogP contribution in [0.2, 0.25) is 5.02 Å². The summed E-state index contributed by atoms with van der Waals surface area (Å²) in [6, 6.07) is 7.54. The maximum Gasteiger partial charge on any atom is 0.226 e. The third-order valence-corrected chi connectivity index (χ3v) is 6.31. The van der Waals surface area contributed by atoms with Crippen molar-refractivity contribution in [3.05, 3.63) is 40.7 Å². The molecule has 1 aromatic heterocycles. The number of amides is 1. The van der Waals surface area contributed by atoms with E-state index in [0.29, 0.717) is 22.9 Å². The van der Waals surface area contributed by atoms with Gasteiger partial charge >= 0.3 is 0 Å². The number of hydrogen-bond donors (Lipinski definition) is 2. The molecule has 1 aliphatic heterocycles. The number of oxazole rings is 1. The van der Waals surface area contributed by atoms with Crippen molar-refractivity contribution in [3.8, 4) is 11.5 Å². The number of halogens is 1. The van der Waals surface area contributed by atoms with Gasteiger partial charge in [-0.05, 0) is 56.0 Å². The SMILES string of the molecule is CCNCCNC(=O)C1CC2(C1)CN(Cc1nc(-c3ccc(Cl)cc3)oc1C)C2. The number of benzene rings is 1. The zero-order valence-corrected chi connectivity index (χ0v) is 17.9. The second-order valence-electron chi connectivity index (χ2n) is 8.42. The van der Waals surface area contributed by atoms with Gasteiger partial charge in [-0.25, -0.2) is 4.98 Å². The Bertz CT molecular complexity index is 850. The molecular weight excluding hydrogens is 388 g/mol. The molecule has 156 valence electrons. The number of nitrogens with one attached hydrogen (secondary N) is 2. The molecule has 0 radical (unpaired) electrons. The minimum Gasteiger partial charge on any atom is -0.441 e. The molecule has 1 saturated heterocycles. The molecule has 0 atom stereocenters. The van der Waals surface area contributed by atoms with E-state index in [1.165, 1.54) is 0 Å². The van der Waals surface area contributed by atoms with Gasteiger partial charge in [-0.2, -0.15) is 0 Å². The van der Waals surface area contributed by atoms with Crippen molar-refractivity contribution in [2.75, 3.05) is 32.7 Å². The Morgan fingerprint density at radius 3 is 2.69 bits per heavy atom. The number of aromatic nitrogens is 1. The standard InChI is InChI=1S/C22H29ClN4O2/c1-3-24-8-9-25-20(28)17-10-22(11-17)13-27(14-22)12-19-15(2)29-21(26-19)16-4-6-18(23)7-5-16/h4-7,17,24H,3,8-14H2,1-2H3,(H,25,28). The van der Waals surface area contributed by atoms with Gasteiger partial charge in [0.05, 0.1) is 5.69 Å². The van der Waals surface area contributed by atoms with Crippen LogP contribution in [0.1, 0.15) is 31.2 Å². The molecule has 2 aliphatic rings. The van der Waals surface area contributed by atoms with Gasteiger partial charge < -0.3 is 15.1 Å². The summed E-state index contributed by atoms with van der Waals surface area (Å²) in [5.74, 6) is 1.90. The molecule has 29 heavy (non-hydrogen) atoms.